The molecule has 218 valence electrons. The van der Waals surface area contributed by atoms with Crippen LogP contribution >= 0.6 is 0 Å². The standard InChI is InChI=1S/C35H48O5/c1-7-35(8-2,28-14-16-31(25(3)20-28)39-23-30(37)22-36)29-15-17-32(26(4)21-29)40-24-33(38)34(5,6)19-18-27-12-10-9-11-13-27/h9-17,20-21,30,33,36-38H,7-8,18-19,22-24H2,1-6H3/t30-,33?/m0/s1. The number of aryl methyl sites for hydroxylation is 3. The predicted octanol–water partition coefficient (Wildman–Crippen LogP) is 6.54. The lowest BCUT2D eigenvalue weighted by Crippen LogP contribution is -2.35. The molecule has 0 heterocycles. The fourth-order valence-corrected chi connectivity index (χ4v) is 5.36. The van der Waals surface area contributed by atoms with Gasteiger partial charge in [0.2, 0.25) is 0 Å². The van der Waals surface area contributed by atoms with E-state index in [1.165, 1.54) is 16.7 Å². The molecule has 3 rings (SSSR count). The van der Waals surface area contributed by atoms with Crippen molar-refractivity contribution >= 4 is 0 Å². The lowest BCUT2D eigenvalue weighted by Gasteiger charge is -2.34. The molecule has 0 spiro atoms. The first kappa shape index (κ1) is 31.7. The smallest absolute Gasteiger partial charge is 0.122 e. The van der Waals surface area contributed by atoms with E-state index in [1.807, 2.05) is 25.1 Å². The Morgan fingerprint density at radius 1 is 0.750 bits per heavy atom. The van der Waals surface area contributed by atoms with Gasteiger partial charge < -0.3 is 24.8 Å². The lowest BCUT2D eigenvalue weighted by atomic mass is 9.70. The molecule has 0 amide bonds. The van der Waals surface area contributed by atoms with Crippen LogP contribution < -0.4 is 9.47 Å². The molecule has 40 heavy (non-hydrogen) atoms. The van der Waals surface area contributed by atoms with Crippen molar-refractivity contribution in [3.05, 3.63) is 94.5 Å². The first-order valence-electron chi connectivity index (χ1n) is 14.5. The highest BCUT2D eigenvalue weighted by Gasteiger charge is 2.32. The van der Waals surface area contributed by atoms with Gasteiger partial charge in [-0.1, -0.05) is 82.3 Å². The average molecular weight is 549 g/mol. The third-order valence-electron chi connectivity index (χ3n) is 8.50. The molecule has 0 saturated carbocycles. The molecule has 3 aromatic rings. The molecule has 0 aromatic heterocycles. The second kappa shape index (κ2) is 14.2. The summed E-state index contributed by atoms with van der Waals surface area (Å²) >= 11 is 0. The SMILES string of the molecule is CCC(CC)(c1ccc(OCC(O)C(C)(C)CCc2ccccc2)c(C)c1)c1ccc(OC[C@@H](O)CO)c(C)c1. The molecular weight excluding hydrogens is 500 g/mol. The van der Waals surface area contributed by atoms with Gasteiger partial charge in [-0.3, -0.25) is 0 Å². The van der Waals surface area contributed by atoms with E-state index in [9.17, 15) is 10.2 Å². The number of ether oxygens (including phenoxy) is 2. The minimum atomic E-state index is -0.894. The maximum atomic E-state index is 11.0. The summed E-state index contributed by atoms with van der Waals surface area (Å²) < 4.78 is 11.9. The zero-order chi connectivity index (χ0) is 29.3. The van der Waals surface area contributed by atoms with Gasteiger partial charge in [0, 0.05) is 5.41 Å². The Kier molecular flexibility index (Phi) is 11.2. The highest BCUT2D eigenvalue weighted by atomic mass is 16.5. The van der Waals surface area contributed by atoms with Gasteiger partial charge in [-0.25, -0.2) is 0 Å². The highest BCUT2D eigenvalue weighted by Crippen LogP contribution is 2.41. The maximum absolute atomic E-state index is 11.0. The van der Waals surface area contributed by atoms with Crippen LogP contribution in [0.25, 0.3) is 0 Å². The van der Waals surface area contributed by atoms with Crippen LogP contribution in [-0.4, -0.2) is 47.3 Å². The molecule has 0 saturated heterocycles. The summed E-state index contributed by atoms with van der Waals surface area (Å²) in [6.07, 6.45) is 2.19. The van der Waals surface area contributed by atoms with Crippen LogP contribution in [0, 0.1) is 19.3 Å². The van der Waals surface area contributed by atoms with Crippen LogP contribution in [-0.2, 0) is 11.8 Å². The fraction of sp³-hybridized carbons (Fsp3) is 0.486. The molecule has 1 unspecified atom stereocenters. The maximum Gasteiger partial charge on any atom is 0.122 e. The number of benzene rings is 3. The summed E-state index contributed by atoms with van der Waals surface area (Å²) in [5.74, 6) is 1.51. The normalized spacial score (nSPS) is 13.6. The summed E-state index contributed by atoms with van der Waals surface area (Å²) in [7, 11) is 0. The Hall–Kier alpha value is -2.86. The second-order valence-electron chi connectivity index (χ2n) is 11.7. The van der Waals surface area contributed by atoms with Crippen molar-refractivity contribution in [1.29, 1.82) is 0 Å². The molecule has 2 atom stereocenters. The summed E-state index contributed by atoms with van der Waals surface area (Å²) in [6, 6.07) is 23.0. The topological polar surface area (TPSA) is 79.2 Å². The van der Waals surface area contributed by atoms with E-state index in [2.05, 4.69) is 83.1 Å². The van der Waals surface area contributed by atoms with Gasteiger partial charge >= 0.3 is 0 Å². The Morgan fingerprint density at radius 2 is 1.27 bits per heavy atom. The average Bonchev–Trinajstić information content (AvgIpc) is 2.96. The van der Waals surface area contributed by atoms with Crippen LogP contribution in [0.3, 0.4) is 0 Å². The molecule has 3 N–H and O–H groups in total. The minimum absolute atomic E-state index is 0.0585. The number of aliphatic hydroxyl groups is 3. The summed E-state index contributed by atoms with van der Waals surface area (Å²) in [5, 5.41) is 29.7. The Balaban J connectivity index is 1.72. The van der Waals surface area contributed by atoms with Crippen molar-refractivity contribution in [2.24, 2.45) is 5.41 Å². The van der Waals surface area contributed by atoms with Crippen LogP contribution in [0.2, 0.25) is 0 Å². The first-order chi connectivity index (χ1) is 19.1. The molecular formula is C35H48O5. The number of hydrogen-bond acceptors (Lipinski definition) is 5. The van der Waals surface area contributed by atoms with Gasteiger partial charge in [0.15, 0.2) is 0 Å². The van der Waals surface area contributed by atoms with E-state index in [4.69, 9.17) is 14.6 Å². The summed E-state index contributed by atoms with van der Waals surface area (Å²) in [4.78, 5) is 0. The Labute approximate surface area is 240 Å². The van der Waals surface area contributed by atoms with E-state index in [0.29, 0.717) is 5.75 Å². The van der Waals surface area contributed by atoms with E-state index < -0.39 is 12.2 Å². The zero-order valence-electron chi connectivity index (χ0n) is 25.1. The minimum Gasteiger partial charge on any atom is -0.491 e. The summed E-state index contributed by atoms with van der Waals surface area (Å²) in [6.45, 7) is 12.7. The van der Waals surface area contributed by atoms with Crippen molar-refractivity contribution in [1.82, 2.24) is 0 Å². The molecule has 0 fully saturated rings. The summed E-state index contributed by atoms with van der Waals surface area (Å²) in [5.41, 5.74) is 5.33. The van der Waals surface area contributed by atoms with Crippen molar-refractivity contribution < 1.29 is 24.8 Å². The molecule has 0 aliphatic heterocycles. The highest BCUT2D eigenvalue weighted by molar-refractivity contribution is 5.48. The monoisotopic (exact) mass is 548 g/mol. The lowest BCUT2D eigenvalue weighted by molar-refractivity contribution is 0.00703. The van der Waals surface area contributed by atoms with E-state index in [-0.39, 0.29) is 30.7 Å². The first-order valence-corrected chi connectivity index (χ1v) is 14.5. The van der Waals surface area contributed by atoms with Gasteiger partial charge in [0.25, 0.3) is 0 Å². The van der Waals surface area contributed by atoms with E-state index in [1.54, 1.807) is 0 Å². The Bertz CT molecular complexity index is 1200. The van der Waals surface area contributed by atoms with Gasteiger partial charge in [-0.05, 0) is 84.9 Å². The van der Waals surface area contributed by atoms with Crippen LogP contribution in [0.5, 0.6) is 11.5 Å². The van der Waals surface area contributed by atoms with Crippen molar-refractivity contribution in [3.8, 4) is 11.5 Å². The number of rotatable bonds is 15. The van der Waals surface area contributed by atoms with E-state index in [0.717, 1.165) is 42.6 Å². The number of aliphatic hydroxyl groups excluding tert-OH is 3. The molecule has 0 aliphatic rings. The van der Waals surface area contributed by atoms with Crippen molar-refractivity contribution in [2.45, 2.75) is 84.8 Å². The van der Waals surface area contributed by atoms with Crippen LogP contribution in [0.15, 0.2) is 66.7 Å². The Morgan fingerprint density at radius 3 is 1.75 bits per heavy atom. The quantitative estimate of drug-likeness (QED) is 0.201. The third kappa shape index (κ3) is 7.66. The third-order valence-corrected chi connectivity index (χ3v) is 8.50. The molecule has 5 nitrogen and oxygen atoms in total. The fourth-order valence-electron chi connectivity index (χ4n) is 5.36. The number of hydrogen-bond donors (Lipinski definition) is 3. The van der Waals surface area contributed by atoms with Crippen LogP contribution in [0.4, 0.5) is 0 Å². The van der Waals surface area contributed by atoms with Crippen LogP contribution in [0.1, 0.15) is 74.8 Å². The van der Waals surface area contributed by atoms with Gasteiger partial charge in [-0.15, -0.1) is 0 Å². The zero-order valence-corrected chi connectivity index (χ0v) is 25.1. The predicted molar refractivity (Wildman–Crippen MR) is 162 cm³/mol. The molecule has 0 aliphatic carbocycles. The second-order valence-corrected chi connectivity index (χ2v) is 11.7. The van der Waals surface area contributed by atoms with Gasteiger partial charge in [-0.2, -0.15) is 0 Å². The molecule has 0 bridgehead atoms. The molecule has 3 aromatic carbocycles. The molecule has 5 heteroatoms. The molecule has 0 radical (unpaired) electrons. The van der Waals surface area contributed by atoms with E-state index >= 15 is 0 Å². The van der Waals surface area contributed by atoms with Crippen molar-refractivity contribution in [2.75, 3.05) is 19.8 Å². The van der Waals surface area contributed by atoms with Gasteiger partial charge in [0.1, 0.15) is 30.8 Å². The van der Waals surface area contributed by atoms with Gasteiger partial charge in [0.05, 0.1) is 12.7 Å². The largest absolute Gasteiger partial charge is 0.491 e. The van der Waals surface area contributed by atoms with Crippen molar-refractivity contribution in [3.63, 3.8) is 0 Å².